The maximum absolute atomic E-state index is 10.4. The second-order valence-corrected chi connectivity index (χ2v) is 8.57. The molecule has 5 nitrogen and oxygen atoms in total. The van der Waals surface area contributed by atoms with E-state index in [1.54, 1.807) is 0 Å². The van der Waals surface area contributed by atoms with E-state index < -0.39 is 0 Å². The molecule has 3 unspecified atom stereocenters. The Kier molecular flexibility index (Phi) is 6.61. The number of aliphatic imine (C=N–C) groups is 1. The first-order valence-corrected chi connectivity index (χ1v) is 10.6. The van der Waals surface area contributed by atoms with Gasteiger partial charge in [0.25, 0.3) is 0 Å². The number of piperidine rings is 1. The molecule has 0 bridgehead atoms. The molecule has 144 valence electrons. The average Bonchev–Trinajstić information content (AvgIpc) is 3.12. The van der Waals surface area contributed by atoms with E-state index in [0.29, 0.717) is 6.04 Å². The lowest BCUT2D eigenvalue weighted by Gasteiger charge is -2.37. The summed E-state index contributed by atoms with van der Waals surface area (Å²) in [6.45, 7) is 10.8. The van der Waals surface area contributed by atoms with E-state index in [0.717, 1.165) is 51.4 Å². The molecule has 3 atom stereocenters. The molecule has 0 spiro atoms. The number of aliphatic hydroxyl groups is 1. The lowest BCUT2D eigenvalue weighted by molar-refractivity contribution is 0.00705. The highest BCUT2D eigenvalue weighted by atomic mass is 16.3. The molecule has 5 heteroatoms. The number of guanidine groups is 1. The van der Waals surface area contributed by atoms with Crippen molar-refractivity contribution < 1.29 is 5.11 Å². The van der Waals surface area contributed by atoms with Crippen LogP contribution in [0.3, 0.4) is 0 Å². The standard InChI is InChI=1S/C20H38N4O/c1-3-21-19(22-16-20(2)11-6-5-9-18(20)25)24-14-10-17(15-24)23-12-7-4-8-13-23/h17-18,25H,3-16H2,1-2H3,(H,21,22). The van der Waals surface area contributed by atoms with Crippen LogP contribution < -0.4 is 5.32 Å². The summed E-state index contributed by atoms with van der Waals surface area (Å²) in [7, 11) is 0. The Labute approximate surface area is 153 Å². The molecule has 3 rings (SSSR count). The van der Waals surface area contributed by atoms with Gasteiger partial charge in [-0.05, 0) is 52.1 Å². The fourth-order valence-electron chi connectivity index (χ4n) is 4.76. The van der Waals surface area contributed by atoms with Crippen molar-refractivity contribution in [2.45, 2.75) is 77.4 Å². The highest BCUT2D eigenvalue weighted by Gasteiger charge is 2.36. The van der Waals surface area contributed by atoms with E-state index in [9.17, 15) is 5.11 Å². The van der Waals surface area contributed by atoms with Crippen molar-refractivity contribution in [2.24, 2.45) is 10.4 Å². The van der Waals surface area contributed by atoms with Crippen LogP contribution in [0.15, 0.2) is 4.99 Å². The predicted octanol–water partition coefficient (Wildman–Crippen LogP) is 2.45. The predicted molar refractivity (Wildman–Crippen MR) is 104 cm³/mol. The van der Waals surface area contributed by atoms with Crippen molar-refractivity contribution in [3.63, 3.8) is 0 Å². The van der Waals surface area contributed by atoms with Gasteiger partial charge in [-0.2, -0.15) is 0 Å². The van der Waals surface area contributed by atoms with Gasteiger partial charge in [0.2, 0.25) is 0 Å². The first-order valence-electron chi connectivity index (χ1n) is 10.6. The summed E-state index contributed by atoms with van der Waals surface area (Å²) in [6, 6.07) is 0.694. The zero-order valence-electron chi connectivity index (χ0n) is 16.3. The maximum atomic E-state index is 10.4. The molecule has 0 aromatic carbocycles. The molecule has 3 aliphatic rings. The fraction of sp³-hybridized carbons (Fsp3) is 0.950. The molecule has 1 aliphatic carbocycles. The summed E-state index contributed by atoms with van der Waals surface area (Å²) < 4.78 is 0. The quantitative estimate of drug-likeness (QED) is 0.604. The monoisotopic (exact) mass is 350 g/mol. The summed E-state index contributed by atoms with van der Waals surface area (Å²) >= 11 is 0. The molecule has 0 amide bonds. The SMILES string of the molecule is CCNC(=NCC1(C)CCCCC1O)N1CCC(N2CCCCC2)C1. The number of hydrogen-bond donors (Lipinski definition) is 2. The molecule has 1 saturated carbocycles. The number of hydrogen-bond acceptors (Lipinski definition) is 3. The minimum absolute atomic E-state index is 0.0507. The van der Waals surface area contributed by atoms with Gasteiger partial charge < -0.3 is 15.3 Å². The number of nitrogens with one attached hydrogen (secondary N) is 1. The van der Waals surface area contributed by atoms with Crippen LogP contribution in [0.4, 0.5) is 0 Å². The molecule has 2 N–H and O–H groups in total. The Morgan fingerprint density at radius 1 is 1.12 bits per heavy atom. The second kappa shape index (κ2) is 8.72. The summed E-state index contributed by atoms with van der Waals surface area (Å²) in [6.07, 6.45) is 9.58. The van der Waals surface area contributed by atoms with E-state index >= 15 is 0 Å². The van der Waals surface area contributed by atoms with Crippen LogP contribution in [0, 0.1) is 5.41 Å². The summed E-state index contributed by atoms with van der Waals surface area (Å²) in [4.78, 5) is 10.1. The summed E-state index contributed by atoms with van der Waals surface area (Å²) in [5.74, 6) is 1.06. The van der Waals surface area contributed by atoms with Crippen molar-refractivity contribution in [1.82, 2.24) is 15.1 Å². The topological polar surface area (TPSA) is 51.1 Å². The van der Waals surface area contributed by atoms with Gasteiger partial charge in [0, 0.05) is 31.1 Å². The van der Waals surface area contributed by atoms with Crippen LogP contribution in [0.1, 0.15) is 65.2 Å². The number of rotatable bonds is 4. The Morgan fingerprint density at radius 2 is 1.92 bits per heavy atom. The molecule has 0 aromatic heterocycles. The van der Waals surface area contributed by atoms with Gasteiger partial charge in [0.05, 0.1) is 12.6 Å². The Morgan fingerprint density at radius 3 is 2.64 bits per heavy atom. The maximum Gasteiger partial charge on any atom is 0.193 e. The number of nitrogens with zero attached hydrogens (tertiary/aromatic N) is 3. The lowest BCUT2D eigenvalue weighted by atomic mass is 9.73. The molecule has 2 heterocycles. The molecular formula is C20H38N4O. The zero-order valence-corrected chi connectivity index (χ0v) is 16.3. The molecule has 2 saturated heterocycles. The van der Waals surface area contributed by atoms with Gasteiger partial charge in [-0.3, -0.25) is 9.89 Å². The third-order valence-electron chi connectivity index (χ3n) is 6.57. The Bertz CT molecular complexity index is 449. The van der Waals surface area contributed by atoms with Crippen LogP contribution in [-0.2, 0) is 0 Å². The van der Waals surface area contributed by atoms with E-state index in [-0.39, 0.29) is 11.5 Å². The molecule has 25 heavy (non-hydrogen) atoms. The Balaban J connectivity index is 1.60. The van der Waals surface area contributed by atoms with Crippen LogP contribution in [0.5, 0.6) is 0 Å². The van der Waals surface area contributed by atoms with E-state index in [1.807, 2.05) is 0 Å². The van der Waals surface area contributed by atoms with Crippen molar-refractivity contribution in [3.8, 4) is 0 Å². The van der Waals surface area contributed by atoms with Gasteiger partial charge in [-0.1, -0.05) is 26.2 Å². The number of aliphatic hydroxyl groups excluding tert-OH is 1. The largest absolute Gasteiger partial charge is 0.392 e. The van der Waals surface area contributed by atoms with Gasteiger partial charge in [-0.15, -0.1) is 0 Å². The minimum Gasteiger partial charge on any atom is -0.392 e. The van der Waals surface area contributed by atoms with Crippen LogP contribution in [0.25, 0.3) is 0 Å². The van der Waals surface area contributed by atoms with Crippen LogP contribution in [-0.4, -0.2) is 72.3 Å². The molecular weight excluding hydrogens is 312 g/mol. The van der Waals surface area contributed by atoms with E-state index in [1.165, 1.54) is 45.2 Å². The van der Waals surface area contributed by atoms with Crippen molar-refractivity contribution >= 4 is 5.96 Å². The fourth-order valence-corrected chi connectivity index (χ4v) is 4.76. The second-order valence-electron chi connectivity index (χ2n) is 8.57. The summed E-state index contributed by atoms with van der Waals surface area (Å²) in [5, 5.41) is 13.9. The first-order chi connectivity index (χ1) is 12.1. The minimum atomic E-state index is -0.201. The molecule has 0 radical (unpaired) electrons. The van der Waals surface area contributed by atoms with E-state index in [4.69, 9.17) is 4.99 Å². The van der Waals surface area contributed by atoms with Crippen molar-refractivity contribution in [2.75, 3.05) is 39.3 Å². The molecule has 2 aliphatic heterocycles. The number of likely N-dealkylation sites (tertiary alicyclic amines) is 2. The smallest absolute Gasteiger partial charge is 0.193 e. The van der Waals surface area contributed by atoms with Crippen molar-refractivity contribution in [1.29, 1.82) is 0 Å². The average molecular weight is 351 g/mol. The molecule has 0 aromatic rings. The normalized spacial score (nSPS) is 35.2. The van der Waals surface area contributed by atoms with Gasteiger partial charge in [0.15, 0.2) is 5.96 Å². The zero-order chi connectivity index (χ0) is 17.7. The Hall–Kier alpha value is -0.810. The van der Waals surface area contributed by atoms with Gasteiger partial charge in [-0.25, -0.2) is 0 Å². The van der Waals surface area contributed by atoms with Gasteiger partial charge in [0.1, 0.15) is 0 Å². The third kappa shape index (κ3) is 4.68. The van der Waals surface area contributed by atoms with E-state index in [2.05, 4.69) is 29.0 Å². The lowest BCUT2D eigenvalue weighted by Crippen LogP contribution is -2.45. The van der Waals surface area contributed by atoms with Crippen LogP contribution >= 0.6 is 0 Å². The molecule has 3 fully saturated rings. The third-order valence-corrected chi connectivity index (χ3v) is 6.57. The van der Waals surface area contributed by atoms with Crippen molar-refractivity contribution in [3.05, 3.63) is 0 Å². The summed E-state index contributed by atoms with van der Waals surface area (Å²) in [5.41, 5.74) is -0.0507. The van der Waals surface area contributed by atoms with Crippen LogP contribution in [0.2, 0.25) is 0 Å². The highest BCUT2D eigenvalue weighted by molar-refractivity contribution is 5.80. The van der Waals surface area contributed by atoms with Gasteiger partial charge >= 0.3 is 0 Å². The first kappa shape index (κ1) is 19.0. The highest BCUT2D eigenvalue weighted by Crippen LogP contribution is 2.36.